The summed E-state index contributed by atoms with van der Waals surface area (Å²) in [7, 11) is -5.22. The molecule has 0 fully saturated rings. The van der Waals surface area contributed by atoms with Crippen LogP contribution < -0.4 is 14.2 Å². The summed E-state index contributed by atoms with van der Waals surface area (Å²) >= 11 is 0. The fourth-order valence-corrected chi connectivity index (χ4v) is 7.28. The minimum absolute atomic E-state index is 0.0190. The number of ether oxygens (including phenoxy) is 5. The number of nitro benzene ring substituents is 1. The molecule has 1 heterocycles. The van der Waals surface area contributed by atoms with Crippen LogP contribution in [0, 0.1) is 10.1 Å². The number of carbonyl (C=O) groups is 1. The number of benzene rings is 3. The van der Waals surface area contributed by atoms with Crippen molar-refractivity contribution in [2.24, 2.45) is 0 Å². The van der Waals surface area contributed by atoms with Crippen molar-refractivity contribution < 1.29 is 46.2 Å². The van der Waals surface area contributed by atoms with Crippen LogP contribution in [0.4, 0.5) is 5.69 Å². The lowest BCUT2D eigenvalue weighted by molar-refractivity contribution is -0.387. The Kier molecular flexibility index (Phi) is 13.2. The highest BCUT2D eigenvalue weighted by atomic mass is 32.2. The quantitative estimate of drug-likeness (QED) is 0.0472. The number of methoxy groups -OCH3 is 1. The van der Waals surface area contributed by atoms with Gasteiger partial charge in [0.05, 0.1) is 24.7 Å². The predicted molar refractivity (Wildman–Crippen MR) is 188 cm³/mol. The molecule has 1 N–H and O–H groups in total. The van der Waals surface area contributed by atoms with E-state index in [-0.39, 0.29) is 31.3 Å². The molecular formula is C35H46N2O11SSi. The lowest BCUT2D eigenvalue weighted by Gasteiger charge is -2.39. The Labute approximate surface area is 294 Å². The fraction of sp³-hybridized carbons (Fsp3) is 0.457. The minimum atomic E-state index is -4.54. The molecule has 0 saturated carbocycles. The van der Waals surface area contributed by atoms with Gasteiger partial charge in [-0.1, -0.05) is 69.3 Å². The van der Waals surface area contributed by atoms with Crippen LogP contribution in [0.25, 0.3) is 0 Å². The van der Waals surface area contributed by atoms with Crippen molar-refractivity contribution in [3.63, 3.8) is 0 Å². The van der Waals surface area contributed by atoms with E-state index in [0.29, 0.717) is 30.3 Å². The maximum absolute atomic E-state index is 14.0. The maximum Gasteiger partial charge on any atom is 0.324 e. The Morgan fingerprint density at radius 1 is 1.06 bits per heavy atom. The summed E-state index contributed by atoms with van der Waals surface area (Å²) in [6.45, 7) is 11.5. The molecule has 0 aromatic heterocycles. The summed E-state index contributed by atoms with van der Waals surface area (Å²) in [6.07, 6.45) is -1.40. The Morgan fingerprint density at radius 3 is 2.44 bits per heavy atom. The molecule has 50 heavy (non-hydrogen) atoms. The van der Waals surface area contributed by atoms with E-state index in [1.807, 2.05) is 6.07 Å². The third-order valence-corrected chi connectivity index (χ3v) is 14.8. The highest BCUT2D eigenvalue weighted by Gasteiger charge is 2.41. The van der Waals surface area contributed by atoms with Crippen molar-refractivity contribution in [3.8, 4) is 11.5 Å². The van der Waals surface area contributed by atoms with Crippen LogP contribution in [0.1, 0.15) is 31.9 Å². The van der Waals surface area contributed by atoms with Crippen LogP contribution in [0.2, 0.25) is 18.1 Å². The second kappa shape index (κ2) is 16.9. The average molecular weight is 731 g/mol. The molecule has 0 spiro atoms. The van der Waals surface area contributed by atoms with E-state index >= 15 is 0 Å². The van der Waals surface area contributed by atoms with Crippen molar-refractivity contribution in [1.29, 1.82) is 0 Å². The molecule has 4 rings (SSSR count). The Morgan fingerprint density at radius 2 is 1.76 bits per heavy atom. The SMILES string of the molecule is COCCOCOc1ccc2c(c1)O[C@H](CO[Si](C)(C)C(C)(C)C)[C@@H](OC(=O)[C@H](Cc1ccccc1)NS(=O)(=O)c1ccccc1[N+](=O)[O-])C2. The Bertz CT molecular complexity index is 1710. The van der Waals surface area contributed by atoms with Gasteiger partial charge in [-0.3, -0.25) is 14.9 Å². The van der Waals surface area contributed by atoms with Gasteiger partial charge in [-0.15, -0.1) is 0 Å². The molecule has 0 radical (unpaired) electrons. The first kappa shape index (κ1) is 38.9. The van der Waals surface area contributed by atoms with Gasteiger partial charge in [0.2, 0.25) is 10.0 Å². The monoisotopic (exact) mass is 730 g/mol. The molecule has 13 nitrogen and oxygen atoms in total. The first-order chi connectivity index (χ1) is 23.6. The van der Waals surface area contributed by atoms with E-state index in [2.05, 4.69) is 38.6 Å². The average Bonchev–Trinajstić information content (AvgIpc) is 3.06. The van der Waals surface area contributed by atoms with Crippen molar-refractivity contribution in [2.45, 2.75) is 74.9 Å². The van der Waals surface area contributed by atoms with E-state index in [4.69, 9.17) is 28.1 Å². The first-order valence-electron chi connectivity index (χ1n) is 16.2. The smallest absolute Gasteiger partial charge is 0.324 e. The van der Waals surface area contributed by atoms with Gasteiger partial charge in [0, 0.05) is 25.7 Å². The summed E-state index contributed by atoms with van der Waals surface area (Å²) < 4.78 is 64.6. The van der Waals surface area contributed by atoms with Gasteiger partial charge < -0.3 is 28.1 Å². The molecule has 272 valence electrons. The number of para-hydroxylation sites is 1. The van der Waals surface area contributed by atoms with Crippen LogP contribution in [-0.2, 0) is 46.3 Å². The van der Waals surface area contributed by atoms with E-state index in [9.17, 15) is 23.3 Å². The number of esters is 1. The van der Waals surface area contributed by atoms with Crippen molar-refractivity contribution in [3.05, 3.63) is 94.0 Å². The number of nitrogens with zero attached hydrogens (tertiary/aromatic N) is 1. The number of rotatable bonds is 17. The molecule has 3 aromatic carbocycles. The number of carbonyl (C=O) groups excluding carboxylic acids is 1. The van der Waals surface area contributed by atoms with E-state index in [1.54, 1.807) is 49.6 Å². The van der Waals surface area contributed by atoms with E-state index in [1.165, 1.54) is 12.1 Å². The zero-order chi connectivity index (χ0) is 36.5. The van der Waals surface area contributed by atoms with Gasteiger partial charge in [-0.2, -0.15) is 4.72 Å². The number of sulfonamides is 1. The van der Waals surface area contributed by atoms with E-state index in [0.717, 1.165) is 17.7 Å². The van der Waals surface area contributed by atoms with Gasteiger partial charge in [0.1, 0.15) is 23.6 Å². The third kappa shape index (κ3) is 10.3. The van der Waals surface area contributed by atoms with Gasteiger partial charge >= 0.3 is 5.97 Å². The van der Waals surface area contributed by atoms with Gasteiger partial charge in [-0.05, 0) is 47.8 Å². The van der Waals surface area contributed by atoms with E-state index < -0.39 is 58.1 Å². The van der Waals surface area contributed by atoms with Gasteiger partial charge in [0.25, 0.3) is 5.69 Å². The second-order valence-corrected chi connectivity index (χ2v) is 19.9. The lowest BCUT2D eigenvalue weighted by Crippen LogP contribution is -2.51. The zero-order valence-corrected chi connectivity index (χ0v) is 31.1. The summed E-state index contributed by atoms with van der Waals surface area (Å²) in [5, 5.41) is 11.6. The van der Waals surface area contributed by atoms with Crippen molar-refractivity contribution >= 4 is 30.0 Å². The third-order valence-electron chi connectivity index (χ3n) is 8.79. The molecule has 0 saturated heterocycles. The minimum Gasteiger partial charge on any atom is -0.484 e. The topological polar surface area (TPSA) is 162 Å². The summed E-state index contributed by atoms with van der Waals surface area (Å²) in [5.74, 6) is 0.194. The number of nitrogens with one attached hydrogen (secondary N) is 1. The summed E-state index contributed by atoms with van der Waals surface area (Å²) in [5.41, 5.74) is 0.789. The molecule has 3 aromatic rings. The number of hydrogen-bond acceptors (Lipinski definition) is 11. The second-order valence-electron chi connectivity index (χ2n) is 13.4. The molecule has 15 heteroatoms. The van der Waals surface area contributed by atoms with Gasteiger partial charge in [0.15, 0.2) is 26.1 Å². The highest BCUT2D eigenvalue weighted by molar-refractivity contribution is 7.89. The standard InChI is InChI=1S/C35H46N2O11SSi/c1-35(2,3)50(5,6)46-23-32-31(21-26-16-17-27(22-30(26)47-32)45-24-44-19-18-43-4)48-34(38)28(20-25-12-8-7-9-13-25)36-49(41,42)33-15-11-10-14-29(33)37(39)40/h7-17,22,28,31-32,36H,18-21,23-24H2,1-6H3/t28-,31-,32+/m0/s1. The van der Waals surface area contributed by atoms with Gasteiger partial charge in [-0.25, -0.2) is 8.42 Å². The Balaban J connectivity index is 1.61. The number of nitro groups is 1. The molecule has 1 aliphatic rings. The van der Waals surface area contributed by atoms with Crippen LogP contribution in [0.3, 0.4) is 0 Å². The van der Waals surface area contributed by atoms with Crippen LogP contribution in [0.15, 0.2) is 77.7 Å². The first-order valence-corrected chi connectivity index (χ1v) is 20.6. The maximum atomic E-state index is 14.0. The largest absolute Gasteiger partial charge is 0.484 e. The Hall–Kier alpha value is -3.86. The van der Waals surface area contributed by atoms with Crippen LogP contribution in [-0.4, -0.2) is 79.6 Å². The number of hydrogen-bond donors (Lipinski definition) is 1. The zero-order valence-electron chi connectivity index (χ0n) is 29.2. The lowest BCUT2D eigenvalue weighted by atomic mass is 9.99. The molecule has 0 unspecified atom stereocenters. The van der Waals surface area contributed by atoms with Crippen LogP contribution >= 0.6 is 0 Å². The molecule has 0 aliphatic carbocycles. The fourth-order valence-electron chi connectivity index (χ4n) is 4.91. The molecule has 3 atom stereocenters. The normalized spacial score (nSPS) is 16.9. The summed E-state index contributed by atoms with van der Waals surface area (Å²) in [6, 6.07) is 17.7. The van der Waals surface area contributed by atoms with Crippen molar-refractivity contribution in [2.75, 3.05) is 33.7 Å². The molecule has 0 bridgehead atoms. The van der Waals surface area contributed by atoms with Crippen LogP contribution in [0.5, 0.6) is 11.5 Å². The van der Waals surface area contributed by atoms with Crippen molar-refractivity contribution in [1.82, 2.24) is 4.72 Å². The highest BCUT2D eigenvalue weighted by Crippen LogP contribution is 2.38. The molecule has 1 aliphatic heterocycles. The predicted octanol–water partition coefficient (Wildman–Crippen LogP) is 5.42. The molecule has 0 amide bonds. The molecular weight excluding hydrogens is 685 g/mol. The summed E-state index contributed by atoms with van der Waals surface area (Å²) in [4.78, 5) is 24.3. The number of fused-ring (bicyclic) bond motifs is 1.